The smallest absolute Gasteiger partial charge is 0.0449 e. The lowest BCUT2D eigenvalue weighted by atomic mass is 9.94. The van der Waals surface area contributed by atoms with Crippen molar-refractivity contribution in [2.75, 3.05) is 20.1 Å². The van der Waals surface area contributed by atoms with E-state index in [0.29, 0.717) is 6.04 Å². The minimum Gasteiger partial charge on any atom is -0.309 e. The van der Waals surface area contributed by atoms with Crippen molar-refractivity contribution in [2.45, 2.75) is 51.1 Å². The molecule has 1 aromatic rings. The van der Waals surface area contributed by atoms with Crippen LogP contribution in [0.15, 0.2) is 30.3 Å². The first kappa shape index (κ1) is 14.5. The Bertz CT molecular complexity index is 344. The molecule has 2 nitrogen and oxygen atoms in total. The molecule has 106 valence electrons. The SMILES string of the molecule is CCNC(CN(C)C1CCCCC1)c1ccccc1. The fourth-order valence-corrected chi connectivity index (χ4v) is 3.18. The van der Waals surface area contributed by atoms with E-state index in [9.17, 15) is 0 Å². The van der Waals surface area contributed by atoms with E-state index in [1.54, 1.807) is 0 Å². The Hall–Kier alpha value is -0.860. The van der Waals surface area contributed by atoms with Gasteiger partial charge < -0.3 is 10.2 Å². The number of benzene rings is 1. The van der Waals surface area contributed by atoms with Crippen LogP contribution in [0, 0.1) is 0 Å². The van der Waals surface area contributed by atoms with E-state index in [1.165, 1.54) is 37.7 Å². The largest absolute Gasteiger partial charge is 0.309 e. The molecular formula is C17H28N2. The van der Waals surface area contributed by atoms with Crippen LogP contribution in [0.5, 0.6) is 0 Å². The molecule has 2 rings (SSSR count). The molecule has 1 saturated carbocycles. The van der Waals surface area contributed by atoms with E-state index in [1.807, 2.05) is 0 Å². The molecule has 0 saturated heterocycles. The topological polar surface area (TPSA) is 15.3 Å². The van der Waals surface area contributed by atoms with Gasteiger partial charge in [0.05, 0.1) is 0 Å². The number of hydrogen-bond donors (Lipinski definition) is 1. The van der Waals surface area contributed by atoms with E-state index in [2.05, 4.69) is 54.5 Å². The number of hydrogen-bond acceptors (Lipinski definition) is 2. The molecule has 0 aromatic heterocycles. The summed E-state index contributed by atoms with van der Waals surface area (Å²) in [5.41, 5.74) is 1.41. The van der Waals surface area contributed by atoms with E-state index in [0.717, 1.165) is 19.1 Å². The van der Waals surface area contributed by atoms with Crippen molar-refractivity contribution in [3.63, 3.8) is 0 Å². The van der Waals surface area contributed by atoms with Gasteiger partial charge in [0.1, 0.15) is 0 Å². The molecule has 19 heavy (non-hydrogen) atoms. The Morgan fingerprint density at radius 1 is 1.16 bits per heavy atom. The van der Waals surface area contributed by atoms with Gasteiger partial charge in [-0.3, -0.25) is 0 Å². The lowest BCUT2D eigenvalue weighted by Gasteiger charge is -2.34. The van der Waals surface area contributed by atoms with Gasteiger partial charge >= 0.3 is 0 Å². The van der Waals surface area contributed by atoms with Gasteiger partial charge in [-0.15, -0.1) is 0 Å². The van der Waals surface area contributed by atoms with Crippen LogP contribution in [-0.2, 0) is 0 Å². The van der Waals surface area contributed by atoms with Crippen LogP contribution in [0.25, 0.3) is 0 Å². The second-order valence-electron chi connectivity index (χ2n) is 5.75. The summed E-state index contributed by atoms with van der Waals surface area (Å²) in [5, 5.41) is 3.63. The summed E-state index contributed by atoms with van der Waals surface area (Å²) < 4.78 is 0. The van der Waals surface area contributed by atoms with Crippen molar-refractivity contribution in [3.8, 4) is 0 Å². The van der Waals surface area contributed by atoms with Crippen LogP contribution >= 0.6 is 0 Å². The summed E-state index contributed by atoms with van der Waals surface area (Å²) in [7, 11) is 2.29. The third kappa shape index (κ3) is 4.32. The quantitative estimate of drug-likeness (QED) is 0.840. The van der Waals surface area contributed by atoms with Gasteiger partial charge in [-0.2, -0.15) is 0 Å². The summed E-state index contributed by atoms with van der Waals surface area (Å²) in [6.45, 7) is 4.33. The maximum atomic E-state index is 3.63. The molecule has 1 unspecified atom stereocenters. The van der Waals surface area contributed by atoms with Gasteiger partial charge in [0.25, 0.3) is 0 Å². The van der Waals surface area contributed by atoms with Gasteiger partial charge in [0.2, 0.25) is 0 Å². The number of likely N-dealkylation sites (N-methyl/N-ethyl adjacent to an activating group) is 2. The number of rotatable bonds is 6. The normalized spacial score (nSPS) is 18.7. The fraction of sp³-hybridized carbons (Fsp3) is 0.647. The summed E-state index contributed by atoms with van der Waals surface area (Å²) >= 11 is 0. The minimum atomic E-state index is 0.457. The summed E-state index contributed by atoms with van der Waals surface area (Å²) in [6, 6.07) is 12.1. The zero-order chi connectivity index (χ0) is 13.5. The van der Waals surface area contributed by atoms with Crippen LogP contribution in [0.3, 0.4) is 0 Å². The van der Waals surface area contributed by atoms with Gasteiger partial charge in [-0.05, 0) is 32.0 Å². The molecule has 2 heteroatoms. The Balaban J connectivity index is 1.96. The van der Waals surface area contributed by atoms with Crippen molar-refractivity contribution < 1.29 is 0 Å². The fourth-order valence-electron chi connectivity index (χ4n) is 3.18. The molecule has 1 atom stereocenters. The highest BCUT2D eigenvalue weighted by molar-refractivity contribution is 5.19. The zero-order valence-corrected chi connectivity index (χ0v) is 12.4. The monoisotopic (exact) mass is 260 g/mol. The Kier molecular flexibility index (Phi) is 5.87. The molecule has 1 fully saturated rings. The van der Waals surface area contributed by atoms with Crippen molar-refractivity contribution in [2.24, 2.45) is 0 Å². The van der Waals surface area contributed by atoms with Crippen molar-refractivity contribution in [1.82, 2.24) is 10.2 Å². The molecule has 0 spiro atoms. The van der Waals surface area contributed by atoms with E-state index in [-0.39, 0.29) is 0 Å². The van der Waals surface area contributed by atoms with Crippen LogP contribution < -0.4 is 5.32 Å². The predicted octanol–water partition coefficient (Wildman–Crippen LogP) is 3.60. The van der Waals surface area contributed by atoms with Gasteiger partial charge in [0, 0.05) is 18.6 Å². The zero-order valence-electron chi connectivity index (χ0n) is 12.4. The van der Waals surface area contributed by atoms with Gasteiger partial charge in [-0.1, -0.05) is 56.5 Å². The lowest BCUT2D eigenvalue weighted by molar-refractivity contribution is 0.175. The Morgan fingerprint density at radius 3 is 2.47 bits per heavy atom. The minimum absolute atomic E-state index is 0.457. The first-order chi connectivity index (χ1) is 9.31. The second-order valence-corrected chi connectivity index (χ2v) is 5.75. The predicted molar refractivity (Wildman–Crippen MR) is 82.4 cm³/mol. The number of nitrogens with zero attached hydrogens (tertiary/aromatic N) is 1. The molecule has 1 N–H and O–H groups in total. The third-order valence-corrected chi connectivity index (χ3v) is 4.32. The van der Waals surface area contributed by atoms with Crippen LogP contribution in [0.1, 0.15) is 50.6 Å². The molecule has 0 bridgehead atoms. The van der Waals surface area contributed by atoms with Crippen molar-refractivity contribution in [1.29, 1.82) is 0 Å². The lowest BCUT2D eigenvalue weighted by Crippen LogP contribution is -2.40. The van der Waals surface area contributed by atoms with Crippen LogP contribution in [0.2, 0.25) is 0 Å². The molecule has 1 aliphatic rings. The average molecular weight is 260 g/mol. The number of nitrogens with one attached hydrogen (secondary N) is 1. The van der Waals surface area contributed by atoms with E-state index >= 15 is 0 Å². The van der Waals surface area contributed by atoms with Gasteiger partial charge in [0.15, 0.2) is 0 Å². The van der Waals surface area contributed by atoms with E-state index in [4.69, 9.17) is 0 Å². The maximum absolute atomic E-state index is 3.63. The molecule has 0 radical (unpaired) electrons. The molecule has 0 aliphatic heterocycles. The summed E-state index contributed by atoms with van der Waals surface area (Å²) in [4.78, 5) is 2.57. The summed E-state index contributed by atoms with van der Waals surface area (Å²) in [6.07, 6.45) is 7.01. The second kappa shape index (κ2) is 7.66. The van der Waals surface area contributed by atoms with E-state index < -0.39 is 0 Å². The Morgan fingerprint density at radius 2 is 1.84 bits per heavy atom. The molecule has 0 amide bonds. The van der Waals surface area contributed by atoms with Crippen LogP contribution in [-0.4, -0.2) is 31.1 Å². The average Bonchev–Trinajstić information content (AvgIpc) is 2.48. The summed E-state index contributed by atoms with van der Waals surface area (Å²) in [5.74, 6) is 0. The highest BCUT2D eigenvalue weighted by Crippen LogP contribution is 2.23. The first-order valence-corrected chi connectivity index (χ1v) is 7.80. The van der Waals surface area contributed by atoms with Gasteiger partial charge in [-0.25, -0.2) is 0 Å². The molecule has 1 aliphatic carbocycles. The van der Waals surface area contributed by atoms with Crippen molar-refractivity contribution >= 4 is 0 Å². The molecule has 0 heterocycles. The standard InChI is InChI=1S/C17H28N2/c1-3-18-17(15-10-6-4-7-11-15)14-19(2)16-12-8-5-9-13-16/h4,6-7,10-11,16-18H,3,5,8-9,12-14H2,1-2H3. The molecule has 1 aromatic carbocycles. The molecular weight excluding hydrogens is 232 g/mol. The first-order valence-electron chi connectivity index (χ1n) is 7.80. The highest BCUT2D eigenvalue weighted by Gasteiger charge is 2.21. The Labute approximate surface area is 118 Å². The van der Waals surface area contributed by atoms with Crippen molar-refractivity contribution in [3.05, 3.63) is 35.9 Å². The van der Waals surface area contributed by atoms with Crippen LogP contribution in [0.4, 0.5) is 0 Å². The third-order valence-electron chi connectivity index (χ3n) is 4.32. The maximum Gasteiger partial charge on any atom is 0.0449 e. The highest BCUT2D eigenvalue weighted by atomic mass is 15.2.